The first-order valence-electron chi connectivity index (χ1n) is 16.2. The number of amides is 1. The normalized spacial score (nSPS) is 25.6. The van der Waals surface area contributed by atoms with Crippen molar-refractivity contribution in [2.75, 3.05) is 6.54 Å². The Labute approximate surface area is 269 Å². The summed E-state index contributed by atoms with van der Waals surface area (Å²) in [4.78, 5) is 53.4. The second kappa shape index (κ2) is 20.4. The van der Waals surface area contributed by atoms with Crippen LogP contribution in [0.3, 0.4) is 0 Å². The lowest BCUT2D eigenvalue weighted by atomic mass is 9.73. The van der Waals surface area contributed by atoms with E-state index in [1.165, 1.54) is 5.94 Å². The molecule has 0 aromatic carbocycles. The molecule has 1 aromatic rings. The van der Waals surface area contributed by atoms with Crippen molar-refractivity contribution in [3.8, 4) is 0 Å². The van der Waals surface area contributed by atoms with Gasteiger partial charge in [-0.2, -0.15) is 0 Å². The topological polar surface area (TPSA) is 128 Å². The highest BCUT2D eigenvalue weighted by atomic mass is 32.1. The van der Waals surface area contributed by atoms with E-state index in [9.17, 15) is 14.4 Å². The zero-order valence-corrected chi connectivity index (χ0v) is 29.0. The Morgan fingerprint density at radius 3 is 2.43 bits per heavy atom. The van der Waals surface area contributed by atoms with Crippen LogP contribution >= 0.6 is 11.3 Å². The number of nitrogens with one attached hydrogen (secondary N) is 1. The van der Waals surface area contributed by atoms with Gasteiger partial charge in [-0.25, -0.2) is 9.78 Å². The number of ether oxygens (including phenoxy) is 1. The molecule has 0 unspecified atom stereocenters. The Balaban J connectivity index is 0.00000309. The standard InChI is InChI=1S/C33H55N3O4S.C2H2O/c1-22-12-11-13-23(2)18-25(4)32(39)33(6,7)29(40-31(38)14-9-8-10-17-34)20-30(37)36-28(16-15-22)24(3)19-27-21-41-26(5)35-27;1-2-3/h19,21-23,25,28-29H,8-18,20,34H2,1-7H3,(H,36,37);1H2/b24-19+;/t22-,23-,25+,28-,29-;/m0./s1. The number of aromatic nitrogens is 1. The number of carbonyl (C=O) groups is 3. The van der Waals surface area contributed by atoms with Crippen molar-refractivity contribution in [3.05, 3.63) is 28.2 Å². The van der Waals surface area contributed by atoms with Crippen LogP contribution in [0.4, 0.5) is 0 Å². The second-order valence-electron chi connectivity index (χ2n) is 13.2. The minimum absolute atomic E-state index is 0.0464. The number of rotatable bonds is 8. The molecule has 5 atom stereocenters. The van der Waals surface area contributed by atoms with E-state index >= 15 is 0 Å². The number of thiazole rings is 1. The SMILES string of the molecule is C/C(=C\c1csc(C)n1)[C@@H]1CC[C@@H](C)CCC[C@H](C)C[C@@H](C)C(=O)C(C)(C)[C@@H](OC(=O)CCCCCN)CC(=O)N1.C=C=O. The summed E-state index contributed by atoms with van der Waals surface area (Å²) in [6, 6.07) is -0.163. The summed E-state index contributed by atoms with van der Waals surface area (Å²) in [7, 11) is 0. The summed E-state index contributed by atoms with van der Waals surface area (Å²) in [5, 5.41) is 6.26. The third-order valence-corrected chi connectivity index (χ3v) is 9.40. The van der Waals surface area contributed by atoms with Gasteiger partial charge in [0, 0.05) is 17.7 Å². The molecule has 2 rings (SSSR count). The second-order valence-corrected chi connectivity index (χ2v) is 14.2. The van der Waals surface area contributed by atoms with Gasteiger partial charge in [-0.05, 0) is 96.4 Å². The van der Waals surface area contributed by atoms with Crippen LogP contribution < -0.4 is 11.1 Å². The van der Waals surface area contributed by atoms with Crippen molar-refractivity contribution in [2.45, 2.75) is 131 Å². The van der Waals surface area contributed by atoms with E-state index in [4.69, 9.17) is 15.3 Å². The highest BCUT2D eigenvalue weighted by Crippen LogP contribution is 2.34. The molecule has 0 radical (unpaired) electrons. The number of carbonyl (C=O) groups excluding carboxylic acids is 4. The molecule has 0 aliphatic carbocycles. The van der Waals surface area contributed by atoms with E-state index in [1.54, 1.807) is 11.3 Å². The van der Waals surface area contributed by atoms with Gasteiger partial charge >= 0.3 is 5.97 Å². The van der Waals surface area contributed by atoms with Gasteiger partial charge in [0.15, 0.2) is 0 Å². The fourth-order valence-corrected chi connectivity index (χ4v) is 6.47. The van der Waals surface area contributed by atoms with Gasteiger partial charge in [0.05, 0.1) is 28.6 Å². The molecule has 1 amide bonds. The predicted octanol–water partition coefficient (Wildman–Crippen LogP) is 7.02. The lowest BCUT2D eigenvalue weighted by molar-refractivity contribution is -0.161. The molecule has 9 heteroatoms. The van der Waals surface area contributed by atoms with Crippen LogP contribution in [-0.2, 0) is 23.9 Å². The maximum absolute atomic E-state index is 13.8. The van der Waals surface area contributed by atoms with E-state index in [1.807, 2.05) is 46.1 Å². The Bertz CT molecular complexity index is 1110. The Morgan fingerprint density at radius 1 is 1.16 bits per heavy atom. The molecule has 1 saturated heterocycles. The number of hydrogen-bond acceptors (Lipinski definition) is 8. The fourth-order valence-electron chi connectivity index (χ4n) is 5.90. The number of esters is 1. The van der Waals surface area contributed by atoms with Crippen LogP contribution in [0.15, 0.2) is 17.5 Å². The molecule has 0 spiro atoms. The van der Waals surface area contributed by atoms with Gasteiger partial charge in [0.2, 0.25) is 5.91 Å². The summed E-state index contributed by atoms with van der Waals surface area (Å²) >= 11 is 1.61. The average molecular weight is 632 g/mol. The molecule has 3 N–H and O–H groups in total. The predicted molar refractivity (Wildman–Crippen MR) is 180 cm³/mol. The van der Waals surface area contributed by atoms with Crippen molar-refractivity contribution >= 4 is 41.0 Å². The van der Waals surface area contributed by atoms with Gasteiger partial charge in [-0.15, -0.1) is 11.3 Å². The Kier molecular flexibility index (Phi) is 18.3. The molecular formula is C35H57N3O5S. The minimum atomic E-state index is -0.993. The van der Waals surface area contributed by atoms with Gasteiger partial charge in [0.25, 0.3) is 0 Å². The average Bonchev–Trinajstić information content (AvgIpc) is 3.36. The Morgan fingerprint density at radius 2 is 1.82 bits per heavy atom. The lowest BCUT2D eigenvalue weighted by Gasteiger charge is -2.35. The van der Waals surface area contributed by atoms with Gasteiger partial charge in [0.1, 0.15) is 17.8 Å². The summed E-state index contributed by atoms with van der Waals surface area (Å²) < 4.78 is 5.94. The van der Waals surface area contributed by atoms with E-state index < -0.39 is 11.5 Å². The number of Topliss-reactive ketones (excluding diaryl/α,β-unsaturated/α-hetero) is 1. The minimum Gasteiger partial charge on any atom is -0.461 e. The highest BCUT2D eigenvalue weighted by Gasteiger charge is 2.42. The summed E-state index contributed by atoms with van der Waals surface area (Å²) in [5.74, 6) is 1.51. The number of hydrogen-bond donors (Lipinski definition) is 2. The largest absolute Gasteiger partial charge is 0.461 e. The van der Waals surface area contributed by atoms with Crippen LogP contribution in [0.25, 0.3) is 6.08 Å². The molecule has 1 fully saturated rings. The number of nitrogens with two attached hydrogens (primary N) is 1. The molecule has 1 aromatic heterocycles. The monoisotopic (exact) mass is 631 g/mol. The van der Waals surface area contributed by atoms with Gasteiger partial charge in [-0.1, -0.05) is 46.5 Å². The lowest BCUT2D eigenvalue weighted by Crippen LogP contribution is -2.47. The smallest absolute Gasteiger partial charge is 0.306 e. The zero-order chi connectivity index (χ0) is 33.3. The Hall–Kier alpha value is -2.61. The van der Waals surface area contributed by atoms with Crippen molar-refractivity contribution in [3.63, 3.8) is 0 Å². The molecule has 0 saturated carbocycles. The molecule has 0 bridgehead atoms. The molecule has 248 valence electrons. The van der Waals surface area contributed by atoms with E-state index in [0.29, 0.717) is 24.8 Å². The van der Waals surface area contributed by atoms with Crippen LogP contribution in [0.1, 0.15) is 123 Å². The van der Waals surface area contributed by atoms with Crippen molar-refractivity contribution in [1.29, 1.82) is 0 Å². The molecular weight excluding hydrogens is 574 g/mol. The van der Waals surface area contributed by atoms with Gasteiger partial charge in [-0.3, -0.25) is 14.4 Å². The zero-order valence-electron chi connectivity index (χ0n) is 28.2. The van der Waals surface area contributed by atoms with E-state index in [-0.39, 0.29) is 42.5 Å². The number of nitrogens with zero attached hydrogens (tertiary/aromatic N) is 1. The van der Waals surface area contributed by atoms with Crippen LogP contribution in [-0.4, -0.2) is 47.3 Å². The quantitative estimate of drug-likeness (QED) is 0.179. The molecule has 1 aliphatic heterocycles. The maximum Gasteiger partial charge on any atom is 0.306 e. The van der Waals surface area contributed by atoms with Crippen molar-refractivity contribution < 1.29 is 23.9 Å². The number of unbranched alkanes of at least 4 members (excludes halogenated alkanes) is 2. The van der Waals surface area contributed by atoms with Crippen LogP contribution in [0.5, 0.6) is 0 Å². The molecule has 1 aliphatic rings. The first kappa shape index (κ1) is 39.4. The van der Waals surface area contributed by atoms with Gasteiger partial charge < -0.3 is 15.8 Å². The maximum atomic E-state index is 13.8. The van der Waals surface area contributed by atoms with E-state index in [0.717, 1.165) is 67.6 Å². The van der Waals surface area contributed by atoms with Crippen molar-refractivity contribution in [1.82, 2.24) is 10.3 Å². The number of ketones is 1. The van der Waals surface area contributed by atoms with Crippen LogP contribution in [0, 0.1) is 30.1 Å². The number of aryl methyl sites for hydroxylation is 1. The first-order chi connectivity index (χ1) is 20.7. The highest BCUT2D eigenvalue weighted by molar-refractivity contribution is 7.09. The van der Waals surface area contributed by atoms with Crippen molar-refractivity contribution in [2.24, 2.45) is 28.9 Å². The molecule has 8 nitrogen and oxygen atoms in total. The fraction of sp³-hybridized carbons (Fsp3) is 0.714. The third kappa shape index (κ3) is 14.4. The van der Waals surface area contributed by atoms with E-state index in [2.05, 4.69) is 30.7 Å². The summed E-state index contributed by atoms with van der Waals surface area (Å²) in [5.41, 5.74) is 6.54. The van der Waals surface area contributed by atoms with Crippen LogP contribution in [0.2, 0.25) is 0 Å². The third-order valence-electron chi connectivity index (χ3n) is 8.61. The first-order valence-corrected chi connectivity index (χ1v) is 17.1. The molecule has 2 heterocycles. The molecule has 44 heavy (non-hydrogen) atoms. The summed E-state index contributed by atoms with van der Waals surface area (Å²) in [6.45, 7) is 17.4. The summed E-state index contributed by atoms with van der Waals surface area (Å²) in [6.07, 6.45) is 9.76.